The predicted molar refractivity (Wildman–Crippen MR) is 110 cm³/mol. The molecule has 5 rings (SSSR count). The molecule has 2 fully saturated rings. The van der Waals surface area contributed by atoms with Gasteiger partial charge in [0.05, 0.1) is 17.1 Å². The van der Waals surface area contributed by atoms with Gasteiger partial charge in [0.1, 0.15) is 5.75 Å². The number of rotatable bonds is 2. The minimum atomic E-state index is 0.254. The summed E-state index contributed by atoms with van der Waals surface area (Å²) in [4.78, 5) is 5.23. The van der Waals surface area contributed by atoms with Gasteiger partial charge in [-0.25, -0.2) is 0 Å². The van der Waals surface area contributed by atoms with Gasteiger partial charge in [-0.1, -0.05) is 12.1 Å². The molecule has 1 aliphatic carbocycles. The average molecular weight is 380 g/mol. The van der Waals surface area contributed by atoms with Crippen LogP contribution in [0.25, 0.3) is 11.3 Å². The number of hydrogen-bond acceptors (Lipinski definition) is 6. The lowest BCUT2D eigenvalue weighted by molar-refractivity contribution is 0.120. The molecule has 2 aromatic rings. The van der Waals surface area contributed by atoms with Crippen LogP contribution in [0.1, 0.15) is 37.8 Å². The maximum Gasteiger partial charge on any atom is 0.125 e. The lowest BCUT2D eigenvalue weighted by Gasteiger charge is -2.48. The number of piperazine rings is 1. The highest BCUT2D eigenvalue weighted by Gasteiger charge is 2.36. The molecule has 1 saturated heterocycles. The highest BCUT2D eigenvalue weighted by Crippen LogP contribution is 2.36. The Morgan fingerprint density at radius 2 is 1.79 bits per heavy atom. The number of aromatic hydroxyl groups is 1. The monoisotopic (exact) mass is 379 g/mol. The van der Waals surface area contributed by atoms with Crippen molar-refractivity contribution in [3.8, 4) is 17.0 Å². The Morgan fingerprint density at radius 1 is 0.964 bits per heavy atom. The first kappa shape index (κ1) is 17.9. The van der Waals surface area contributed by atoms with E-state index in [0.29, 0.717) is 18.1 Å². The van der Waals surface area contributed by atoms with Gasteiger partial charge in [0.2, 0.25) is 0 Å². The molecule has 0 spiro atoms. The summed E-state index contributed by atoms with van der Waals surface area (Å²) >= 11 is 0. The second-order valence-electron chi connectivity index (χ2n) is 8.53. The van der Waals surface area contributed by atoms with E-state index < -0.39 is 0 Å². The van der Waals surface area contributed by atoms with Gasteiger partial charge in [0.15, 0.2) is 0 Å². The number of hydrogen-bond donors (Lipinski definition) is 2. The van der Waals surface area contributed by atoms with Gasteiger partial charge in [-0.05, 0) is 56.7 Å². The second kappa shape index (κ2) is 7.33. The third-order valence-corrected chi connectivity index (χ3v) is 6.82. The first-order chi connectivity index (χ1) is 13.7. The van der Waals surface area contributed by atoms with E-state index in [0.717, 1.165) is 62.3 Å². The number of phenolic OH excluding ortho intramolecular Hbond substituents is 1. The smallest absolute Gasteiger partial charge is 0.125 e. The average Bonchev–Trinajstić information content (AvgIpc) is 2.74. The Morgan fingerprint density at radius 3 is 2.61 bits per heavy atom. The largest absolute Gasteiger partial charge is 0.507 e. The summed E-state index contributed by atoms with van der Waals surface area (Å²) in [5.41, 5.74) is 9.89. The minimum absolute atomic E-state index is 0.254. The summed E-state index contributed by atoms with van der Waals surface area (Å²) < 4.78 is 0. The summed E-state index contributed by atoms with van der Waals surface area (Å²) in [5, 5.41) is 19.1. The summed E-state index contributed by atoms with van der Waals surface area (Å²) in [5.74, 6) is 0.254. The van der Waals surface area contributed by atoms with Crippen molar-refractivity contribution in [2.45, 2.75) is 56.7 Å². The van der Waals surface area contributed by atoms with Crippen LogP contribution in [-0.4, -0.2) is 58.0 Å². The molecule has 2 aliphatic heterocycles. The van der Waals surface area contributed by atoms with Crippen LogP contribution >= 0.6 is 0 Å². The number of fused-ring (bicyclic) bond motifs is 3. The van der Waals surface area contributed by atoms with E-state index in [1.807, 2.05) is 18.2 Å². The van der Waals surface area contributed by atoms with Crippen LogP contribution in [0.4, 0.5) is 5.69 Å². The number of aryl methyl sites for hydroxylation is 1. The fourth-order valence-electron chi connectivity index (χ4n) is 5.20. The Kier molecular flexibility index (Phi) is 4.69. The molecule has 1 saturated carbocycles. The zero-order valence-corrected chi connectivity index (χ0v) is 16.3. The molecular formula is C22H29N5O. The number of phenols is 1. The molecule has 1 atom stereocenters. The van der Waals surface area contributed by atoms with Crippen molar-refractivity contribution >= 4 is 5.69 Å². The topological polar surface area (TPSA) is 78.5 Å². The van der Waals surface area contributed by atoms with Crippen molar-refractivity contribution in [1.29, 1.82) is 0 Å². The second-order valence-corrected chi connectivity index (χ2v) is 8.53. The molecule has 3 heterocycles. The minimum Gasteiger partial charge on any atom is -0.507 e. The molecule has 0 bridgehead atoms. The van der Waals surface area contributed by atoms with E-state index in [2.05, 4.69) is 26.1 Å². The van der Waals surface area contributed by atoms with Gasteiger partial charge in [0.25, 0.3) is 0 Å². The number of aromatic nitrogens is 2. The highest BCUT2D eigenvalue weighted by atomic mass is 16.3. The maximum atomic E-state index is 10.2. The molecule has 1 aromatic heterocycles. The van der Waals surface area contributed by atoms with Gasteiger partial charge in [0, 0.05) is 43.3 Å². The molecule has 6 heteroatoms. The van der Waals surface area contributed by atoms with E-state index >= 15 is 0 Å². The van der Waals surface area contributed by atoms with E-state index in [1.54, 1.807) is 6.07 Å². The van der Waals surface area contributed by atoms with Crippen LogP contribution in [0.2, 0.25) is 0 Å². The Bertz CT molecular complexity index is 849. The Labute approximate surface area is 166 Å². The first-order valence-corrected chi connectivity index (χ1v) is 10.6. The van der Waals surface area contributed by atoms with E-state index in [-0.39, 0.29) is 5.75 Å². The van der Waals surface area contributed by atoms with Crippen LogP contribution in [0, 0.1) is 0 Å². The predicted octanol–water partition coefficient (Wildman–Crippen LogP) is 2.56. The van der Waals surface area contributed by atoms with Gasteiger partial charge >= 0.3 is 0 Å². The molecule has 0 radical (unpaired) electrons. The summed E-state index contributed by atoms with van der Waals surface area (Å²) in [7, 11) is 0. The van der Waals surface area contributed by atoms with Crippen LogP contribution in [0.15, 0.2) is 30.3 Å². The fourth-order valence-corrected chi connectivity index (χ4v) is 5.20. The quantitative estimate of drug-likeness (QED) is 0.835. The van der Waals surface area contributed by atoms with Gasteiger partial charge in [-0.3, -0.25) is 4.90 Å². The van der Waals surface area contributed by atoms with E-state index in [9.17, 15) is 5.11 Å². The number of anilines is 1. The van der Waals surface area contributed by atoms with Crippen LogP contribution < -0.4 is 10.6 Å². The van der Waals surface area contributed by atoms with Crippen molar-refractivity contribution < 1.29 is 5.11 Å². The molecule has 6 nitrogen and oxygen atoms in total. The molecule has 3 N–H and O–H groups in total. The number of nitrogens with two attached hydrogens (primary N) is 1. The van der Waals surface area contributed by atoms with Crippen LogP contribution in [0.3, 0.4) is 0 Å². The summed E-state index contributed by atoms with van der Waals surface area (Å²) in [6.45, 7) is 3.27. The number of para-hydroxylation sites is 1. The van der Waals surface area contributed by atoms with Crippen molar-refractivity contribution in [1.82, 2.24) is 15.1 Å². The van der Waals surface area contributed by atoms with Crippen molar-refractivity contribution in [3.63, 3.8) is 0 Å². The van der Waals surface area contributed by atoms with Gasteiger partial charge < -0.3 is 15.7 Å². The van der Waals surface area contributed by atoms with Crippen LogP contribution in [-0.2, 0) is 6.42 Å². The van der Waals surface area contributed by atoms with E-state index in [1.165, 1.54) is 18.5 Å². The summed E-state index contributed by atoms with van der Waals surface area (Å²) in [6, 6.07) is 11.1. The lowest BCUT2D eigenvalue weighted by atomic mass is 9.89. The van der Waals surface area contributed by atoms with Crippen molar-refractivity contribution in [2.75, 3.05) is 24.5 Å². The lowest BCUT2D eigenvalue weighted by Crippen LogP contribution is -2.58. The molecule has 0 amide bonds. The molecule has 28 heavy (non-hydrogen) atoms. The Hall–Kier alpha value is -2.18. The zero-order chi connectivity index (χ0) is 19.1. The molecular weight excluding hydrogens is 350 g/mol. The van der Waals surface area contributed by atoms with E-state index in [4.69, 9.17) is 5.73 Å². The van der Waals surface area contributed by atoms with Gasteiger partial charge in [-0.15, -0.1) is 5.10 Å². The Balaban J connectivity index is 1.37. The standard InChI is InChI=1S/C22H29N5O/c23-15-5-7-16(8-6-15)26-11-12-27-17(14-26)9-10-19-21(27)13-20(25-24-19)18-3-1-2-4-22(18)28/h1-4,13,15-17,28H,5-12,14,23H2/t15?,16?,17-/m0/s1. The number of nitrogens with zero attached hydrogens (tertiary/aromatic N) is 4. The first-order valence-electron chi connectivity index (χ1n) is 10.6. The van der Waals surface area contributed by atoms with Crippen molar-refractivity contribution in [3.05, 3.63) is 36.0 Å². The third kappa shape index (κ3) is 3.25. The fraction of sp³-hybridized carbons (Fsp3) is 0.545. The van der Waals surface area contributed by atoms with Crippen LogP contribution in [0.5, 0.6) is 5.75 Å². The molecule has 3 aliphatic rings. The van der Waals surface area contributed by atoms with Gasteiger partial charge in [-0.2, -0.15) is 5.10 Å². The maximum absolute atomic E-state index is 10.2. The SMILES string of the molecule is NC1CCC(N2CCN3c4cc(-c5ccccc5O)nnc4CC[C@H]3C2)CC1. The zero-order valence-electron chi connectivity index (χ0n) is 16.3. The normalized spacial score (nSPS) is 27.9. The van der Waals surface area contributed by atoms with Crippen molar-refractivity contribution in [2.24, 2.45) is 5.73 Å². The molecule has 1 aromatic carbocycles. The summed E-state index contributed by atoms with van der Waals surface area (Å²) in [6.07, 6.45) is 6.94. The number of benzene rings is 1. The molecule has 148 valence electrons. The third-order valence-electron chi connectivity index (χ3n) is 6.82. The highest BCUT2D eigenvalue weighted by molar-refractivity contribution is 5.71. The molecule has 0 unspecified atom stereocenters.